The number of aliphatic hydroxyl groups excluding tert-OH is 1. The average molecular weight is 445 g/mol. The Bertz CT molecular complexity index is 898. The summed E-state index contributed by atoms with van der Waals surface area (Å²) in [5.41, 5.74) is 0.158. The van der Waals surface area contributed by atoms with Crippen molar-refractivity contribution in [3.8, 4) is 0 Å². The molecule has 2 saturated heterocycles. The molecule has 0 radical (unpaired) electrons. The number of ether oxygens (including phenoxy) is 2. The molecule has 8 nitrogen and oxygen atoms in total. The number of rotatable bonds is 4. The molecule has 1 aromatic rings. The fraction of sp³-hybridized carbons (Fsp3) is 0.625. The molecular weight excluding hydrogens is 412 g/mol. The second-order valence-corrected chi connectivity index (χ2v) is 10.2. The summed E-state index contributed by atoms with van der Waals surface area (Å²) in [6.45, 7) is 8.75. The molecule has 0 aromatic heterocycles. The van der Waals surface area contributed by atoms with E-state index in [0.717, 1.165) is 16.9 Å². The van der Waals surface area contributed by atoms with Crippen molar-refractivity contribution in [3.05, 3.63) is 35.9 Å². The Balaban J connectivity index is 1.47. The zero-order chi connectivity index (χ0) is 23.4. The summed E-state index contributed by atoms with van der Waals surface area (Å²) in [5.74, 6) is -1.06. The Morgan fingerprint density at radius 1 is 1.19 bits per heavy atom. The molecule has 2 aliphatic heterocycles. The second kappa shape index (κ2) is 8.06. The molecular formula is C24H32N2O6. The van der Waals surface area contributed by atoms with Crippen LogP contribution in [0.5, 0.6) is 0 Å². The van der Waals surface area contributed by atoms with Gasteiger partial charge in [-0.1, -0.05) is 37.3 Å². The van der Waals surface area contributed by atoms with E-state index in [9.17, 15) is 19.5 Å². The fourth-order valence-electron chi connectivity index (χ4n) is 4.93. The first-order valence-electron chi connectivity index (χ1n) is 11.3. The molecule has 2 heterocycles. The number of hydrogen-bond donors (Lipinski definition) is 1. The quantitative estimate of drug-likeness (QED) is 0.764. The van der Waals surface area contributed by atoms with Gasteiger partial charge >= 0.3 is 12.2 Å². The third-order valence-electron chi connectivity index (χ3n) is 6.68. The predicted molar refractivity (Wildman–Crippen MR) is 116 cm³/mol. The van der Waals surface area contributed by atoms with Crippen molar-refractivity contribution in [3.63, 3.8) is 0 Å². The summed E-state index contributed by atoms with van der Waals surface area (Å²) in [6.07, 6.45) is -1.35. The van der Waals surface area contributed by atoms with Gasteiger partial charge in [-0.05, 0) is 52.0 Å². The Morgan fingerprint density at radius 2 is 1.84 bits per heavy atom. The number of carbonyl (C=O) groups excluding carboxylic acids is 3. The summed E-state index contributed by atoms with van der Waals surface area (Å²) in [4.78, 5) is 41.3. The summed E-state index contributed by atoms with van der Waals surface area (Å²) >= 11 is 0. The SMILES string of the molecule is CC(C(=O)N1C(=O)O[C@@H](c2ccccc2)[C@H]1C)C(O)[C@@H]1C[C@@H]2C[C@@H]2N1C(=O)OC(C)(C)C. The smallest absolute Gasteiger partial charge is 0.417 e. The lowest BCUT2D eigenvalue weighted by Crippen LogP contribution is -2.52. The van der Waals surface area contributed by atoms with E-state index in [1.54, 1.807) is 39.5 Å². The molecule has 0 spiro atoms. The molecule has 2 unspecified atom stereocenters. The van der Waals surface area contributed by atoms with Gasteiger partial charge in [0, 0.05) is 6.04 Å². The van der Waals surface area contributed by atoms with Crippen LogP contribution in [0.2, 0.25) is 0 Å². The normalized spacial score (nSPS) is 31.1. The van der Waals surface area contributed by atoms with Crippen LogP contribution in [0.3, 0.4) is 0 Å². The molecule has 1 aromatic carbocycles. The first-order valence-corrected chi connectivity index (χ1v) is 11.3. The van der Waals surface area contributed by atoms with E-state index >= 15 is 0 Å². The van der Waals surface area contributed by atoms with Gasteiger partial charge in [0.15, 0.2) is 0 Å². The van der Waals surface area contributed by atoms with Crippen molar-refractivity contribution in [1.82, 2.24) is 9.80 Å². The molecule has 1 aliphatic carbocycles. The number of likely N-dealkylation sites (tertiary alicyclic amines) is 1. The topological polar surface area (TPSA) is 96.4 Å². The lowest BCUT2D eigenvalue weighted by molar-refractivity contribution is -0.138. The zero-order valence-electron chi connectivity index (χ0n) is 19.2. The van der Waals surface area contributed by atoms with E-state index in [2.05, 4.69) is 0 Å². The van der Waals surface area contributed by atoms with Crippen LogP contribution in [-0.4, -0.2) is 62.8 Å². The first kappa shape index (κ1) is 22.6. The molecule has 3 amide bonds. The average Bonchev–Trinajstić information content (AvgIpc) is 3.28. The number of piperidine rings is 1. The zero-order valence-corrected chi connectivity index (χ0v) is 19.2. The van der Waals surface area contributed by atoms with Gasteiger partial charge in [-0.15, -0.1) is 0 Å². The van der Waals surface area contributed by atoms with Gasteiger partial charge in [0.05, 0.1) is 24.1 Å². The van der Waals surface area contributed by atoms with Crippen molar-refractivity contribution in [2.75, 3.05) is 0 Å². The monoisotopic (exact) mass is 444 g/mol. The van der Waals surface area contributed by atoms with E-state index in [0.29, 0.717) is 12.3 Å². The largest absolute Gasteiger partial charge is 0.444 e. The van der Waals surface area contributed by atoms with Crippen LogP contribution >= 0.6 is 0 Å². The maximum atomic E-state index is 13.3. The van der Waals surface area contributed by atoms with E-state index in [1.807, 2.05) is 30.3 Å². The molecule has 7 atom stereocenters. The van der Waals surface area contributed by atoms with E-state index in [-0.39, 0.29) is 6.04 Å². The van der Waals surface area contributed by atoms with Crippen molar-refractivity contribution < 1.29 is 29.0 Å². The summed E-state index contributed by atoms with van der Waals surface area (Å²) in [6, 6.07) is 8.29. The highest BCUT2D eigenvalue weighted by molar-refractivity contribution is 5.95. The molecule has 32 heavy (non-hydrogen) atoms. The highest BCUT2D eigenvalue weighted by atomic mass is 16.6. The number of carbonyl (C=O) groups is 3. The number of amides is 3. The molecule has 3 aliphatic rings. The van der Waals surface area contributed by atoms with Crippen molar-refractivity contribution >= 4 is 18.1 Å². The van der Waals surface area contributed by atoms with Gasteiger partial charge in [0.25, 0.3) is 0 Å². The van der Waals surface area contributed by atoms with Crippen molar-refractivity contribution in [2.24, 2.45) is 11.8 Å². The third-order valence-corrected chi connectivity index (χ3v) is 6.68. The maximum absolute atomic E-state index is 13.3. The minimum absolute atomic E-state index is 0.0462. The van der Waals surface area contributed by atoms with Crippen LogP contribution in [0.1, 0.15) is 59.1 Å². The van der Waals surface area contributed by atoms with Crippen LogP contribution in [0.25, 0.3) is 0 Å². The number of aliphatic hydroxyl groups is 1. The summed E-state index contributed by atoms with van der Waals surface area (Å²) in [5, 5.41) is 11.1. The van der Waals surface area contributed by atoms with Crippen molar-refractivity contribution in [2.45, 2.75) is 83.4 Å². The fourth-order valence-corrected chi connectivity index (χ4v) is 4.93. The first-order chi connectivity index (χ1) is 15.0. The number of nitrogens with zero attached hydrogens (tertiary/aromatic N) is 2. The molecule has 1 N–H and O–H groups in total. The standard InChI is InChI=1S/C24H32N2O6/c1-13(19(27)18-12-16-11-17(16)26(18)23(30)32-24(3,4)5)21(28)25-14(2)20(31-22(25)29)15-9-7-6-8-10-15/h6-10,13-14,16-20,27H,11-12H2,1-5H3/t13?,14-,16+,17+,18+,19?,20-/m1/s1. The van der Waals surface area contributed by atoms with Crippen LogP contribution in [0.15, 0.2) is 30.3 Å². The molecule has 4 rings (SSSR count). The maximum Gasteiger partial charge on any atom is 0.417 e. The Morgan fingerprint density at radius 3 is 2.47 bits per heavy atom. The molecule has 8 heteroatoms. The third kappa shape index (κ3) is 4.08. The van der Waals surface area contributed by atoms with Crippen LogP contribution in [-0.2, 0) is 14.3 Å². The van der Waals surface area contributed by atoms with Gasteiger partial charge in [-0.2, -0.15) is 0 Å². The number of imide groups is 1. The van der Waals surface area contributed by atoms with E-state index < -0.39 is 53.9 Å². The Labute approximate surface area is 188 Å². The number of fused-ring (bicyclic) bond motifs is 1. The van der Waals surface area contributed by atoms with Gasteiger partial charge in [0.2, 0.25) is 5.91 Å². The highest BCUT2D eigenvalue weighted by Gasteiger charge is 2.58. The van der Waals surface area contributed by atoms with Gasteiger partial charge in [-0.3, -0.25) is 9.69 Å². The highest BCUT2D eigenvalue weighted by Crippen LogP contribution is 2.50. The van der Waals surface area contributed by atoms with Gasteiger partial charge < -0.3 is 14.6 Å². The van der Waals surface area contributed by atoms with Crippen LogP contribution < -0.4 is 0 Å². The lowest BCUT2D eigenvalue weighted by atomic mass is 9.93. The number of hydrogen-bond acceptors (Lipinski definition) is 6. The number of cyclic esters (lactones) is 1. The van der Waals surface area contributed by atoms with Crippen molar-refractivity contribution in [1.29, 1.82) is 0 Å². The number of benzene rings is 1. The predicted octanol–water partition coefficient (Wildman–Crippen LogP) is 3.49. The molecule has 1 saturated carbocycles. The van der Waals surface area contributed by atoms with Crippen LogP contribution in [0, 0.1) is 11.8 Å². The van der Waals surface area contributed by atoms with Gasteiger partial charge in [0.1, 0.15) is 11.7 Å². The van der Waals surface area contributed by atoms with Gasteiger partial charge in [-0.25, -0.2) is 14.5 Å². The summed E-state index contributed by atoms with van der Waals surface area (Å²) in [7, 11) is 0. The van der Waals surface area contributed by atoms with E-state index in [1.165, 1.54) is 0 Å². The minimum Gasteiger partial charge on any atom is -0.444 e. The molecule has 0 bridgehead atoms. The summed E-state index contributed by atoms with van der Waals surface area (Å²) < 4.78 is 11.0. The Hall–Kier alpha value is -2.61. The molecule has 3 fully saturated rings. The van der Waals surface area contributed by atoms with Crippen LogP contribution in [0.4, 0.5) is 9.59 Å². The Kier molecular flexibility index (Phi) is 5.69. The lowest BCUT2D eigenvalue weighted by Gasteiger charge is -2.35. The van der Waals surface area contributed by atoms with E-state index in [4.69, 9.17) is 9.47 Å². The second-order valence-electron chi connectivity index (χ2n) is 10.2. The minimum atomic E-state index is -1.11. The molecule has 174 valence electrons.